The van der Waals surface area contributed by atoms with Crippen molar-refractivity contribution < 1.29 is 4.74 Å². The normalized spacial score (nSPS) is 11.6. The van der Waals surface area contributed by atoms with Gasteiger partial charge >= 0.3 is 0 Å². The van der Waals surface area contributed by atoms with Crippen LogP contribution in [0.1, 0.15) is 0 Å². The smallest absolute Gasteiger partial charge is 0.150 e. The Bertz CT molecular complexity index is 2470. The fourth-order valence-corrected chi connectivity index (χ4v) is 6.23. The van der Waals surface area contributed by atoms with Crippen molar-refractivity contribution in [1.29, 1.82) is 0 Å². The molecule has 7 heteroatoms. The lowest BCUT2D eigenvalue weighted by Crippen LogP contribution is -2.04. The molecule has 0 fully saturated rings. The first kappa shape index (κ1) is 24.4. The average Bonchev–Trinajstić information content (AvgIpc) is 3.75. The summed E-state index contributed by atoms with van der Waals surface area (Å²) in [5.41, 5.74) is 5.06. The summed E-state index contributed by atoms with van der Waals surface area (Å²) < 4.78 is 12.8. The summed E-state index contributed by atoms with van der Waals surface area (Å²) in [5.74, 6) is 3.16. The van der Waals surface area contributed by atoms with Crippen LogP contribution in [-0.2, 0) is 0 Å². The minimum atomic E-state index is 0.714. The summed E-state index contributed by atoms with van der Waals surface area (Å²) in [6.07, 6.45) is 5.56. The number of para-hydroxylation sites is 2. The van der Waals surface area contributed by atoms with Crippen molar-refractivity contribution in [3.63, 3.8) is 0 Å². The maximum atomic E-state index is 6.50. The van der Waals surface area contributed by atoms with Crippen molar-refractivity contribution in [3.05, 3.63) is 146 Å². The van der Waals surface area contributed by atoms with Gasteiger partial charge in [0.05, 0.1) is 28.4 Å². The van der Waals surface area contributed by atoms with Crippen molar-refractivity contribution >= 4 is 43.7 Å². The van der Waals surface area contributed by atoms with Crippen LogP contribution in [-0.4, -0.2) is 28.9 Å². The van der Waals surface area contributed by atoms with Crippen LogP contribution in [0, 0.1) is 0 Å². The molecule has 0 saturated carbocycles. The van der Waals surface area contributed by atoms with Crippen molar-refractivity contribution in [2.75, 3.05) is 0 Å². The molecule has 0 bridgehead atoms. The van der Waals surface area contributed by atoms with Gasteiger partial charge in [-0.15, -0.1) is 0 Å². The highest BCUT2D eigenvalue weighted by Crippen LogP contribution is 2.36. The summed E-state index contributed by atoms with van der Waals surface area (Å²) in [6, 6.07) is 42.9. The molecule has 44 heavy (non-hydrogen) atoms. The Morgan fingerprint density at radius 2 is 1.11 bits per heavy atom. The lowest BCUT2D eigenvalue weighted by molar-refractivity contribution is 0.483. The van der Waals surface area contributed by atoms with Crippen LogP contribution in [0.4, 0.5) is 0 Å². The summed E-state index contributed by atoms with van der Waals surface area (Å²) in [7, 11) is 0. The second kappa shape index (κ2) is 9.68. The number of fused-ring (bicyclic) bond motifs is 6. The number of nitrogens with zero attached hydrogens (tertiary/aromatic N) is 6. The zero-order valence-electron chi connectivity index (χ0n) is 23.4. The topological polar surface area (TPSA) is 62.7 Å². The number of benzene rings is 4. The van der Waals surface area contributed by atoms with E-state index >= 15 is 0 Å². The van der Waals surface area contributed by atoms with E-state index in [1.807, 2.05) is 90.0 Å². The Hall–Kier alpha value is -6.21. The summed E-state index contributed by atoms with van der Waals surface area (Å²) >= 11 is 0. The number of rotatable bonds is 5. The van der Waals surface area contributed by atoms with E-state index in [9.17, 15) is 0 Å². The van der Waals surface area contributed by atoms with E-state index in [-0.39, 0.29) is 0 Å². The van der Waals surface area contributed by atoms with Crippen LogP contribution < -0.4 is 4.74 Å². The standard InChI is InChI=1S/C37H24N6O/c1-3-14-32-28(12-1)30-19-18-27(23-34(30)41(32)35-16-5-7-20-38-35)44-26-11-9-10-25(22-26)43-37-31(24-40-43)29-13-2-4-15-33(29)42(37)36-17-6-8-21-39-36/h1-24H. The molecule has 0 aliphatic rings. The van der Waals surface area contributed by atoms with E-state index in [0.717, 1.165) is 61.4 Å². The molecule has 5 aromatic heterocycles. The molecule has 9 rings (SSSR count). The average molecular weight is 569 g/mol. The van der Waals surface area contributed by atoms with Gasteiger partial charge < -0.3 is 4.74 Å². The first-order valence-electron chi connectivity index (χ1n) is 14.4. The van der Waals surface area contributed by atoms with E-state index in [1.54, 1.807) is 0 Å². The number of hydrogen-bond donors (Lipinski definition) is 0. The third-order valence-electron chi connectivity index (χ3n) is 8.09. The van der Waals surface area contributed by atoms with Crippen molar-refractivity contribution in [2.24, 2.45) is 0 Å². The predicted molar refractivity (Wildman–Crippen MR) is 174 cm³/mol. The number of hydrogen-bond acceptors (Lipinski definition) is 4. The van der Waals surface area contributed by atoms with Gasteiger partial charge in [0.2, 0.25) is 0 Å². The van der Waals surface area contributed by atoms with Gasteiger partial charge in [-0.1, -0.05) is 54.6 Å². The zero-order chi connectivity index (χ0) is 29.0. The van der Waals surface area contributed by atoms with E-state index in [0.29, 0.717) is 5.75 Å². The molecule has 0 saturated heterocycles. The van der Waals surface area contributed by atoms with E-state index in [2.05, 4.69) is 79.8 Å². The third kappa shape index (κ3) is 3.73. The monoisotopic (exact) mass is 568 g/mol. The first-order chi connectivity index (χ1) is 21.8. The maximum absolute atomic E-state index is 6.50. The van der Waals surface area contributed by atoms with E-state index in [4.69, 9.17) is 9.84 Å². The van der Waals surface area contributed by atoms with Gasteiger partial charge in [0.25, 0.3) is 0 Å². The molecule has 0 aliphatic carbocycles. The number of pyridine rings is 2. The second-order valence-corrected chi connectivity index (χ2v) is 10.7. The highest BCUT2D eigenvalue weighted by atomic mass is 16.5. The minimum absolute atomic E-state index is 0.714. The van der Waals surface area contributed by atoms with Crippen LogP contribution >= 0.6 is 0 Å². The molecule has 0 atom stereocenters. The van der Waals surface area contributed by atoms with Crippen molar-refractivity contribution in [2.45, 2.75) is 0 Å². The zero-order valence-corrected chi connectivity index (χ0v) is 23.4. The Morgan fingerprint density at radius 3 is 1.86 bits per heavy atom. The fourth-order valence-electron chi connectivity index (χ4n) is 6.23. The van der Waals surface area contributed by atoms with Crippen LogP contribution in [0.15, 0.2) is 146 Å². The van der Waals surface area contributed by atoms with Crippen molar-refractivity contribution in [3.8, 4) is 28.8 Å². The summed E-state index contributed by atoms with van der Waals surface area (Å²) in [4.78, 5) is 9.32. The molecule has 208 valence electrons. The highest BCUT2D eigenvalue weighted by Gasteiger charge is 2.19. The largest absolute Gasteiger partial charge is 0.457 e. The molecule has 0 unspecified atom stereocenters. The number of ether oxygens (including phenoxy) is 1. The summed E-state index contributed by atoms with van der Waals surface area (Å²) in [5, 5.41) is 9.33. The molecule has 0 amide bonds. The fraction of sp³-hybridized carbons (Fsp3) is 0. The Kier molecular flexibility index (Phi) is 5.36. The highest BCUT2D eigenvalue weighted by molar-refractivity contribution is 6.10. The molecule has 0 radical (unpaired) electrons. The minimum Gasteiger partial charge on any atom is -0.457 e. The quantitative estimate of drug-likeness (QED) is 0.208. The van der Waals surface area contributed by atoms with Gasteiger partial charge in [-0.25, -0.2) is 14.6 Å². The van der Waals surface area contributed by atoms with Gasteiger partial charge in [-0.05, 0) is 60.7 Å². The molecule has 9 aromatic rings. The van der Waals surface area contributed by atoms with Gasteiger partial charge in [-0.2, -0.15) is 5.10 Å². The third-order valence-corrected chi connectivity index (χ3v) is 8.09. The lowest BCUT2D eigenvalue weighted by Gasteiger charge is -2.12. The Morgan fingerprint density at radius 1 is 0.477 bits per heavy atom. The Labute approximate surface area is 251 Å². The van der Waals surface area contributed by atoms with Gasteiger partial charge in [0.15, 0.2) is 5.65 Å². The van der Waals surface area contributed by atoms with Gasteiger partial charge in [0, 0.05) is 46.1 Å². The van der Waals surface area contributed by atoms with E-state index in [1.165, 1.54) is 5.39 Å². The van der Waals surface area contributed by atoms with Gasteiger partial charge in [-0.3, -0.25) is 9.13 Å². The van der Waals surface area contributed by atoms with Crippen LogP contribution in [0.25, 0.3) is 61.1 Å². The summed E-state index contributed by atoms with van der Waals surface area (Å²) in [6.45, 7) is 0. The van der Waals surface area contributed by atoms with Crippen molar-refractivity contribution in [1.82, 2.24) is 28.9 Å². The first-order valence-corrected chi connectivity index (χ1v) is 14.4. The second-order valence-electron chi connectivity index (χ2n) is 10.7. The molecular weight excluding hydrogens is 544 g/mol. The van der Waals surface area contributed by atoms with E-state index < -0.39 is 0 Å². The van der Waals surface area contributed by atoms with Gasteiger partial charge in [0.1, 0.15) is 23.1 Å². The molecule has 0 aliphatic heterocycles. The molecular formula is C37H24N6O. The predicted octanol–water partition coefficient (Wildman–Crippen LogP) is 8.65. The molecule has 4 aromatic carbocycles. The molecule has 5 heterocycles. The maximum Gasteiger partial charge on any atom is 0.150 e. The molecule has 0 N–H and O–H groups in total. The van der Waals surface area contributed by atoms with Crippen LogP contribution in [0.2, 0.25) is 0 Å². The molecule has 0 spiro atoms. The lowest BCUT2D eigenvalue weighted by atomic mass is 10.1. The van der Waals surface area contributed by atoms with Crippen LogP contribution in [0.5, 0.6) is 11.5 Å². The number of aromatic nitrogens is 6. The SMILES string of the molecule is c1ccc(-n2c3ccccc3c3ccc(Oc4cccc(-n5ncc6c7ccccc7n(-c7ccccn7)c65)c4)cc32)nc1. The molecule has 7 nitrogen and oxygen atoms in total. The van der Waals surface area contributed by atoms with Crippen LogP contribution in [0.3, 0.4) is 0 Å². The Balaban J connectivity index is 1.16.